The van der Waals surface area contributed by atoms with Gasteiger partial charge in [0.25, 0.3) is 0 Å². The molecule has 0 spiro atoms. The van der Waals surface area contributed by atoms with Crippen molar-refractivity contribution in [3.63, 3.8) is 0 Å². The van der Waals surface area contributed by atoms with Crippen LogP contribution in [0.2, 0.25) is 0 Å². The van der Waals surface area contributed by atoms with Crippen molar-refractivity contribution in [3.05, 3.63) is 133 Å². The van der Waals surface area contributed by atoms with Gasteiger partial charge in [-0.05, 0) is 79.7 Å². The van der Waals surface area contributed by atoms with E-state index in [1.54, 1.807) is 78.9 Å². The summed E-state index contributed by atoms with van der Waals surface area (Å²) in [6.07, 6.45) is 0. The van der Waals surface area contributed by atoms with Gasteiger partial charge in [-0.2, -0.15) is 0 Å². The standard InChI is InChI=1S/C70H44O23/c71-48-37-33(25-12-5-2-6-13-25)38-42(53(76)64(87)60(83)49(38)72)35(41(37)52(75)63(86)59(48)82)29-20-27-17-18-30(22-32(27)31(21-29)24-10-3-1-4-11-24)93-70-47-46(56(79)67(90)68(91)58(47)81)45(57(80)69(70)92)36-43-39(50(73)61(84)65(88)54(43)77)34(28-16-15-23-9-7-8-14-26(23)19-28)40-44(36)55(78)66(89)62(85)51(40)74/h1-22,71-92H. The van der Waals surface area contributed by atoms with Crippen LogP contribution in [0, 0.1) is 0 Å². The maximum atomic E-state index is 12.6. The predicted octanol–water partition coefficient (Wildman–Crippen LogP) is 13.4. The van der Waals surface area contributed by atoms with Crippen LogP contribution >= 0.6 is 0 Å². The van der Waals surface area contributed by atoms with Crippen molar-refractivity contribution in [2.24, 2.45) is 0 Å². The van der Waals surface area contributed by atoms with E-state index >= 15 is 0 Å². The highest BCUT2D eigenvalue weighted by molar-refractivity contribution is 6.33. The molecule has 0 aromatic heterocycles. The highest BCUT2D eigenvalue weighted by atomic mass is 16.5. The molecular weight excluding hydrogens is 1210 g/mol. The molecule has 23 heteroatoms. The third kappa shape index (κ3) is 7.70. The van der Waals surface area contributed by atoms with Crippen molar-refractivity contribution in [2.75, 3.05) is 0 Å². The molecule has 0 saturated heterocycles. The van der Waals surface area contributed by atoms with E-state index in [2.05, 4.69) is 0 Å². The normalized spacial score (nSPS) is 11.7. The summed E-state index contributed by atoms with van der Waals surface area (Å²) in [5.41, 5.74) is -2.30. The van der Waals surface area contributed by atoms with Gasteiger partial charge in [0.05, 0.1) is 5.39 Å². The summed E-state index contributed by atoms with van der Waals surface area (Å²) in [4.78, 5) is 0. The Labute approximate surface area is 517 Å². The van der Waals surface area contributed by atoms with Gasteiger partial charge in [-0.3, -0.25) is 0 Å². The van der Waals surface area contributed by atoms with Gasteiger partial charge >= 0.3 is 0 Å². The van der Waals surface area contributed by atoms with Gasteiger partial charge < -0.3 is 117 Å². The molecule has 0 aliphatic heterocycles. The molecule has 0 amide bonds. The van der Waals surface area contributed by atoms with Crippen LogP contribution in [0.4, 0.5) is 0 Å². The SMILES string of the molecule is Oc1c(O)c(O)c2c(-c3c4c(O)c(O)c(O)c(O)c4c(-c4ccc5ccccc5c4)c4c(O)c(O)c(O)c(O)c34)c(O)c(O)c(Oc3ccc4cc(-c5c6c(O)c(O)c(O)c(O)c6c(-c6ccccc6)c6c(O)c(O)c(O)c(O)c56)cc(-c5ccccc5)c4c3)c2c1O. The summed E-state index contributed by atoms with van der Waals surface area (Å²) < 4.78 is 6.33. The van der Waals surface area contributed by atoms with Gasteiger partial charge in [0.2, 0.25) is 63.2 Å². The van der Waals surface area contributed by atoms with E-state index in [4.69, 9.17) is 4.74 Å². The number of aromatic hydroxyl groups is 22. The van der Waals surface area contributed by atoms with E-state index in [1.165, 1.54) is 54.6 Å². The van der Waals surface area contributed by atoms with E-state index in [0.717, 1.165) is 0 Å². The molecule has 462 valence electrons. The smallest absolute Gasteiger partial charge is 0.205 e. The van der Waals surface area contributed by atoms with E-state index in [1.807, 2.05) is 0 Å². The van der Waals surface area contributed by atoms with Crippen molar-refractivity contribution < 1.29 is 117 Å². The molecule has 22 N–H and O–H groups in total. The van der Waals surface area contributed by atoms with Crippen molar-refractivity contribution in [3.8, 4) is 194 Å². The van der Waals surface area contributed by atoms with E-state index in [0.29, 0.717) is 16.3 Å². The molecule has 14 aromatic carbocycles. The van der Waals surface area contributed by atoms with Crippen LogP contribution < -0.4 is 4.74 Å². The molecule has 93 heavy (non-hydrogen) atoms. The van der Waals surface area contributed by atoms with Crippen LogP contribution in [-0.2, 0) is 0 Å². The first-order valence-electron chi connectivity index (χ1n) is 27.6. The lowest BCUT2D eigenvalue weighted by Crippen LogP contribution is -1.97. The lowest BCUT2D eigenvalue weighted by atomic mass is 9.81. The molecule has 0 fully saturated rings. The molecule has 0 radical (unpaired) electrons. The minimum absolute atomic E-state index is 0.0119. The third-order valence-electron chi connectivity index (χ3n) is 17.0. The Kier molecular flexibility index (Phi) is 12.2. The Morgan fingerprint density at radius 2 is 0.527 bits per heavy atom. The third-order valence-corrected chi connectivity index (χ3v) is 17.0. The molecule has 23 nitrogen and oxygen atoms in total. The number of benzene rings is 14. The minimum atomic E-state index is -1.52. The molecule has 14 rings (SSSR count). The van der Waals surface area contributed by atoms with Crippen molar-refractivity contribution in [1.82, 2.24) is 0 Å². The number of ether oxygens (including phenoxy) is 1. The maximum Gasteiger partial charge on any atom is 0.205 e. The minimum Gasteiger partial charge on any atom is -0.504 e. The quantitative estimate of drug-likeness (QED) is 0.0400. The number of rotatable bonds is 7. The first kappa shape index (κ1) is 57.1. The summed E-state index contributed by atoms with van der Waals surface area (Å²) in [5, 5.41) is 252. The van der Waals surface area contributed by atoms with Crippen molar-refractivity contribution >= 4 is 75.4 Å². The fourth-order valence-corrected chi connectivity index (χ4v) is 12.8. The summed E-state index contributed by atoms with van der Waals surface area (Å²) in [6.45, 7) is 0. The predicted molar refractivity (Wildman–Crippen MR) is 339 cm³/mol. The largest absolute Gasteiger partial charge is 0.504 e. The molecule has 14 aromatic rings. The van der Waals surface area contributed by atoms with Gasteiger partial charge in [-0.1, -0.05) is 103 Å². The Hall–Kier alpha value is -13.7. The Morgan fingerprint density at radius 1 is 0.194 bits per heavy atom. The van der Waals surface area contributed by atoms with Gasteiger partial charge in [0, 0.05) is 76.3 Å². The van der Waals surface area contributed by atoms with Gasteiger partial charge in [0.15, 0.2) is 69.0 Å². The Bertz CT molecular complexity index is 5570. The Balaban J connectivity index is 1.06. The van der Waals surface area contributed by atoms with Gasteiger partial charge in [-0.25, -0.2) is 0 Å². The molecule has 0 atom stereocenters. The van der Waals surface area contributed by atoms with E-state index in [-0.39, 0.29) is 49.9 Å². The molecule has 0 saturated carbocycles. The molecule has 0 bridgehead atoms. The van der Waals surface area contributed by atoms with Crippen molar-refractivity contribution in [2.45, 2.75) is 0 Å². The summed E-state index contributed by atoms with van der Waals surface area (Å²) >= 11 is 0. The second kappa shape index (κ2) is 19.9. The molecular formula is C70H44O23. The zero-order chi connectivity index (χ0) is 66.0. The second-order valence-corrected chi connectivity index (χ2v) is 21.9. The zero-order valence-electron chi connectivity index (χ0n) is 46.9. The molecule has 0 heterocycles. The number of phenolic OH excluding ortho intramolecular Hbond substituents is 22. The number of fused-ring (bicyclic) bond motifs is 7. The number of hydrogen-bond acceptors (Lipinski definition) is 23. The highest BCUT2D eigenvalue weighted by Crippen LogP contribution is 2.68. The summed E-state index contributed by atoms with van der Waals surface area (Å²) in [6, 6.07) is 34.1. The lowest BCUT2D eigenvalue weighted by molar-refractivity contribution is 0.347. The lowest BCUT2D eigenvalue weighted by Gasteiger charge is -2.25. The maximum absolute atomic E-state index is 12.6. The monoisotopic (exact) mass is 1250 g/mol. The van der Waals surface area contributed by atoms with Crippen LogP contribution in [0.3, 0.4) is 0 Å². The molecule has 0 aliphatic rings. The van der Waals surface area contributed by atoms with Crippen molar-refractivity contribution in [1.29, 1.82) is 0 Å². The van der Waals surface area contributed by atoms with Crippen LogP contribution in [0.1, 0.15) is 0 Å². The van der Waals surface area contributed by atoms with Gasteiger partial charge in [0.1, 0.15) is 5.75 Å². The first-order valence-corrected chi connectivity index (χ1v) is 27.6. The average Bonchev–Trinajstić information content (AvgIpc) is 0.699. The number of hydrogen-bond donors (Lipinski definition) is 22. The van der Waals surface area contributed by atoms with Gasteiger partial charge in [-0.15, -0.1) is 0 Å². The van der Waals surface area contributed by atoms with Crippen LogP contribution in [0.15, 0.2) is 133 Å². The zero-order valence-corrected chi connectivity index (χ0v) is 46.9. The average molecular weight is 1250 g/mol. The summed E-state index contributed by atoms with van der Waals surface area (Å²) in [7, 11) is 0. The first-order chi connectivity index (χ1) is 44.4. The molecule has 0 aliphatic carbocycles. The van der Waals surface area contributed by atoms with E-state index < -0.39 is 203 Å². The molecule has 0 unspecified atom stereocenters. The highest BCUT2D eigenvalue weighted by Gasteiger charge is 2.39. The van der Waals surface area contributed by atoms with E-state index in [9.17, 15) is 112 Å². The van der Waals surface area contributed by atoms with Crippen LogP contribution in [0.5, 0.6) is 138 Å². The topological polar surface area (TPSA) is 454 Å². The second-order valence-electron chi connectivity index (χ2n) is 21.9. The fraction of sp³-hybridized carbons (Fsp3) is 0. The number of phenols is 22. The Morgan fingerprint density at radius 3 is 0.968 bits per heavy atom. The van der Waals surface area contributed by atoms with Crippen LogP contribution in [-0.4, -0.2) is 112 Å². The van der Waals surface area contributed by atoms with Crippen LogP contribution in [0.25, 0.3) is 131 Å². The summed E-state index contributed by atoms with van der Waals surface area (Å²) in [5.74, 6) is -30.1. The fourth-order valence-electron chi connectivity index (χ4n) is 12.8.